The van der Waals surface area contributed by atoms with E-state index in [0.29, 0.717) is 26.1 Å². The van der Waals surface area contributed by atoms with Crippen molar-refractivity contribution in [3.8, 4) is 0 Å². The Labute approximate surface area is 124 Å². The summed E-state index contributed by atoms with van der Waals surface area (Å²) in [7, 11) is 1.70. The van der Waals surface area contributed by atoms with Gasteiger partial charge in [-0.05, 0) is 31.0 Å². The van der Waals surface area contributed by atoms with Crippen LogP contribution < -0.4 is 0 Å². The highest BCUT2D eigenvalue weighted by Gasteiger charge is 2.16. The molecule has 0 bridgehead atoms. The van der Waals surface area contributed by atoms with Crippen LogP contribution in [-0.4, -0.2) is 58.8 Å². The Morgan fingerprint density at radius 2 is 1.81 bits per heavy atom. The molecule has 0 aliphatic rings. The summed E-state index contributed by atoms with van der Waals surface area (Å²) in [6.45, 7) is 3.47. The van der Waals surface area contributed by atoms with Crippen molar-refractivity contribution in [3.05, 3.63) is 35.4 Å². The lowest BCUT2D eigenvalue weighted by molar-refractivity contribution is 0.0696. The lowest BCUT2D eigenvalue weighted by atomic mass is 10.1. The third-order valence-electron chi connectivity index (χ3n) is 3.19. The maximum atomic E-state index is 12.2. The van der Waals surface area contributed by atoms with Gasteiger partial charge in [0, 0.05) is 33.3 Å². The summed E-state index contributed by atoms with van der Waals surface area (Å²) in [5, 5.41) is 17.7. The Bertz CT molecular complexity index is 473. The number of amides is 2. The van der Waals surface area contributed by atoms with Gasteiger partial charge in [-0.3, -0.25) is 0 Å². The van der Waals surface area contributed by atoms with Gasteiger partial charge in [-0.15, -0.1) is 0 Å². The highest BCUT2D eigenvalue weighted by molar-refractivity contribution is 5.87. The van der Waals surface area contributed by atoms with Crippen molar-refractivity contribution in [3.63, 3.8) is 0 Å². The van der Waals surface area contributed by atoms with Crippen LogP contribution in [0.2, 0.25) is 0 Å². The number of nitrogens with zero attached hydrogens (tertiary/aromatic N) is 2. The average Bonchev–Trinajstić information content (AvgIpc) is 2.48. The topological polar surface area (TPSA) is 81.1 Å². The number of urea groups is 1. The second-order valence-electron chi connectivity index (χ2n) is 4.80. The fraction of sp³-hybridized carbons (Fsp3) is 0.467. The van der Waals surface area contributed by atoms with E-state index in [2.05, 4.69) is 0 Å². The summed E-state index contributed by atoms with van der Waals surface area (Å²) in [4.78, 5) is 26.3. The number of carboxylic acid groups (broad SMARTS) is 1. The van der Waals surface area contributed by atoms with Crippen LogP contribution in [0, 0.1) is 0 Å². The molecule has 0 atom stereocenters. The van der Waals surface area contributed by atoms with Crippen LogP contribution in [-0.2, 0) is 6.54 Å². The molecular formula is C15H22N2O4. The van der Waals surface area contributed by atoms with Gasteiger partial charge in [0.25, 0.3) is 0 Å². The third kappa shape index (κ3) is 5.07. The number of hydrogen-bond donors (Lipinski definition) is 2. The fourth-order valence-electron chi connectivity index (χ4n) is 1.99. The molecular weight excluding hydrogens is 272 g/mol. The molecule has 0 radical (unpaired) electrons. The smallest absolute Gasteiger partial charge is 0.335 e. The minimum absolute atomic E-state index is 0.0597. The number of carbonyl (C=O) groups is 2. The van der Waals surface area contributed by atoms with Crippen LogP contribution in [0.25, 0.3) is 0 Å². The van der Waals surface area contributed by atoms with Crippen LogP contribution >= 0.6 is 0 Å². The van der Waals surface area contributed by atoms with E-state index in [1.165, 1.54) is 12.1 Å². The Hall–Kier alpha value is -2.08. The predicted octanol–water partition coefficient (Wildman–Crippen LogP) is 1.64. The monoisotopic (exact) mass is 294 g/mol. The molecule has 0 heterocycles. The maximum Gasteiger partial charge on any atom is 0.335 e. The lowest BCUT2D eigenvalue weighted by Gasteiger charge is -2.27. The number of aliphatic hydroxyl groups excluding tert-OH is 1. The van der Waals surface area contributed by atoms with E-state index in [-0.39, 0.29) is 18.2 Å². The number of carboxylic acids is 1. The van der Waals surface area contributed by atoms with Gasteiger partial charge >= 0.3 is 12.0 Å². The molecule has 1 aromatic carbocycles. The first-order valence-electron chi connectivity index (χ1n) is 6.92. The van der Waals surface area contributed by atoms with Crippen molar-refractivity contribution in [2.45, 2.75) is 19.9 Å². The zero-order valence-corrected chi connectivity index (χ0v) is 12.5. The summed E-state index contributed by atoms with van der Waals surface area (Å²) in [5.74, 6) is -0.966. The molecule has 1 aromatic rings. The van der Waals surface area contributed by atoms with E-state index in [1.807, 2.05) is 6.92 Å². The first-order chi connectivity index (χ1) is 9.99. The second kappa shape index (κ2) is 8.26. The van der Waals surface area contributed by atoms with Crippen molar-refractivity contribution < 1.29 is 19.8 Å². The molecule has 0 saturated heterocycles. The third-order valence-corrected chi connectivity index (χ3v) is 3.19. The first kappa shape index (κ1) is 17.0. The van der Waals surface area contributed by atoms with Crippen molar-refractivity contribution in [1.82, 2.24) is 9.80 Å². The van der Waals surface area contributed by atoms with E-state index in [4.69, 9.17) is 10.2 Å². The molecule has 1 rings (SSSR count). The number of aromatic carboxylic acids is 1. The van der Waals surface area contributed by atoms with Crippen molar-refractivity contribution >= 4 is 12.0 Å². The van der Waals surface area contributed by atoms with E-state index in [1.54, 1.807) is 29.0 Å². The van der Waals surface area contributed by atoms with Gasteiger partial charge in [-0.1, -0.05) is 12.1 Å². The van der Waals surface area contributed by atoms with Crippen molar-refractivity contribution in [1.29, 1.82) is 0 Å². The lowest BCUT2D eigenvalue weighted by Crippen LogP contribution is -2.41. The molecule has 0 aromatic heterocycles. The zero-order valence-electron chi connectivity index (χ0n) is 12.5. The number of carbonyl (C=O) groups excluding carboxylic acids is 1. The largest absolute Gasteiger partial charge is 0.478 e. The summed E-state index contributed by atoms with van der Waals surface area (Å²) in [6, 6.07) is 6.36. The molecule has 2 N–H and O–H groups in total. The van der Waals surface area contributed by atoms with Crippen molar-refractivity contribution in [2.24, 2.45) is 0 Å². The van der Waals surface area contributed by atoms with Gasteiger partial charge in [0.2, 0.25) is 0 Å². The van der Waals surface area contributed by atoms with Gasteiger partial charge in [-0.25, -0.2) is 9.59 Å². The summed E-state index contributed by atoms with van der Waals surface area (Å²) in [6.07, 6.45) is 0.556. The van der Waals surface area contributed by atoms with Gasteiger partial charge in [0.1, 0.15) is 0 Å². The zero-order chi connectivity index (χ0) is 15.8. The SMILES string of the molecule is CCN(CCCO)C(=O)N(C)Cc1ccc(C(=O)O)cc1. The highest BCUT2D eigenvalue weighted by Crippen LogP contribution is 2.09. The van der Waals surface area contributed by atoms with Crippen LogP contribution in [0.4, 0.5) is 4.79 Å². The summed E-state index contributed by atoms with van der Waals surface area (Å²) >= 11 is 0. The van der Waals surface area contributed by atoms with Crippen molar-refractivity contribution in [2.75, 3.05) is 26.7 Å². The van der Waals surface area contributed by atoms with Crippen LogP contribution in [0.15, 0.2) is 24.3 Å². The van der Waals surface area contributed by atoms with Crippen LogP contribution in [0.5, 0.6) is 0 Å². The highest BCUT2D eigenvalue weighted by atomic mass is 16.4. The number of rotatable bonds is 7. The fourth-order valence-corrected chi connectivity index (χ4v) is 1.99. The number of hydrogen-bond acceptors (Lipinski definition) is 3. The van der Waals surface area contributed by atoms with E-state index in [0.717, 1.165) is 5.56 Å². The predicted molar refractivity (Wildman–Crippen MR) is 79.2 cm³/mol. The molecule has 2 amide bonds. The molecule has 0 saturated carbocycles. The standard InChI is InChI=1S/C15H22N2O4/c1-3-17(9-4-10-18)15(21)16(2)11-12-5-7-13(8-6-12)14(19)20/h5-8,18H,3-4,9-11H2,1-2H3,(H,19,20). The Morgan fingerprint density at radius 1 is 1.19 bits per heavy atom. The average molecular weight is 294 g/mol. The molecule has 0 aliphatic heterocycles. The minimum Gasteiger partial charge on any atom is -0.478 e. The van der Waals surface area contributed by atoms with Crippen LogP contribution in [0.1, 0.15) is 29.3 Å². The molecule has 0 fully saturated rings. The molecule has 0 aliphatic carbocycles. The van der Waals surface area contributed by atoms with Gasteiger partial charge < -0.3 is 20.0 Å². The minimum atomic E-state index is -0.966. The summed E-state index contributed by atoms with van der Waals surface area (Å²) in [5.41, 5.74) is 1.10. The Morgan fingerprint density at radius 3 is 2.29 bits per heavy atom. The molecule has 0 spiro atoms. The van der Waals surface area contributed by atoms with E-state index in [9.17, 15) is 9.59 Å². The molecule has 116 valence electrons. The maximum absolute atomic E-state index is 12.2. The molecule has 6 heteroatoms. The van der Waals surface area contributed by atoms with Crippen LogP contribution in [0.3, 0.4) is 0 Å². The Balaban J connectivity index is 2.64. The van der Waals surface area contributed by atoms with E-state index < -0.39 is 5.97 Å². The Kier molecular flexibility index (Phi) is 6.68. The molecule has 21 heavy (non-hydrogen) atoms. The van der Waals surface area contributed by atoms with E-state index >= 15 is 0 Å². The first-order valence-corrected chi connectivity index (χ1v) is 6.92. The number of benzene rings is 1. The van der Waals surface area contributed by atoms with Gasteiger partial charge in [0.05, 0.1) is 5.56 Å². The quantitative estimate of drug-likeness (QED) is 0.801. The second-order valence-corrected chi connectivity index (χ2v) is 4.80. The summed E-state index contributed by atoms with van der Waals surface area (Å²) < 4.78 is 0. The molecule has 6 nitrogen and oxygen atoms in total. The van der Waals surface area contributed by atoms with Gasteiger partial charge in [0.15, 0.2) is 0 Å². The number of aliphatic hydroxyl groups is 1. The normalized spacial score (nSPS) is 10.2. The van der Waals surface area contributed by atoms with Gasteiger partial charge in [-0.2, -0.15) is 0 Å². The molecule has 0 unspecified atom stereocenters.